The fourth-order valence-corrected chi connectivity index (χ4v) is 4.78. The van der Waals surface area contributed by atoms with E-state index in [9.17, 15) is 14.7 Å². The molecule has 1 saturated heterocycles. The van der Waals surface area contributed by atoms with Crippen LogP contribution < -0.4 is 5.69 Å². The number of carbonyl (C=O) groups excluding carboxylic acids is 1. The fourth-order valence-electron chi connectivity index (χ4n) is 4.78. The Balaban J connectivity index is 0.000000878. The molecule has 1 aliphatic heterocycles. The second-order valence-corrected chi connectivity index (χ2v) is 7.85. The summed E-state index contributed by atoms with van der Waals surface area (Å²) in [6.45, 7) is 6.90. The Kier molecular flexibility index (Phi) is 7.35. The molecule has 1 amide bonds. The van der Waals surface area contributed by atoms with Crippen LogP contribution in [0.5, 0.6) is 0 Å². The van der Waals surface area contributed by atoms with E-state index in [0.29, 0.717) is 31.0 Å². The molecular formula is C20H31N3O5. The van der Waals surface area contributed by atoms with Gasteiger partial charge in [0.2, 0.25) is 5.91 Å². The number of aromatic nitrogens is 2. The number of fused-ring (bicyclic) bond motifs is 1. The first-order chi connectivity index (χ1) is 13.3. The number of nitrogens with zero attached hydrogens (tertiary/aromatic N) is 2. The third-order valence-corrected chi connectivity index (χ3v) is 6.32. The smallest absolute Gasteiger partial charge is 0.345 e. The maximum Gasteiger partial charge on any atom is 0.345 e. The summed E-state index contributed by atoms with van der Waals surface area (Å²) >= 11 is 0. The van der Waals surface area contributed by atoms with Crippen LogP contribution in [0.15, 0.2) is 4.79 Å². The van der Waals surface area contributed by atoms with Gasteiger partial charge in [0.25, 0.3) is 6.47 Å². The third kappa shape index (κ3) is 4.79. The monoisotopic (exact) mass is 393 g/mol. The summed E-state index contributed by atoms with van der Waals surface area (Å²) in [4.78, 5) is 41.0. The molecule has 1 aliphatic carbocycles. The van der Waals surface area contributed by atoms with Crippen LogP contribution in [0.2, 0.25) is 0 Å². The topological polar surface area (TPSA) is 124 Å². The minimum absolute atomic E-state index is 0.137. The van der Waals surface area contributed by atoms with Gasteiger partial charge in [-0.05, 0) is 51.0 Å². The molecular weight excluding hydrogens is 362 g/mol. The molecule has 0 bridgehead atoms. The number of likely N-dealkylation sites (tertiary alicyclic amines) is 1. The van der Waals surface area contributed by atoms with Gasteiger partial charge in [0.15, 0.2) is 0 Å². The molecule has 28 heavy (non-hydrogen) atoms. The molecule has 8 heteroatoms. The Morgan fingerprint density at radius 2 is 2.07 bits per heavy atom. The molecule has 3 rings (SSSR count). The minimum atomic E-state index is -0.603. The van der Waals surface area contributed by atoms with Crippen molar-refractivity contribution in [3.63, 3.8) is 0 Å². The van der Waals surface area contributed by atoms with Gasteiger partial charge >= 0.3 is 5.69 Å². The van der Waals surface area contributed by atoms with Gasteiger partial charge in [-0.3, -0.25) is 9.59 Å². The summed E-state index contributed by atoms with van der Waals surface area (Å²) in [6, 6.07) is 0. The molecule has 0 spiro atoms. The van der Waals surface area contributed by atoms with Crippen molar-refractivity contribution in [2.45, 2.75) is 64.9 Å². The number of hydrogen-bond donors (Lipinski definition) is 3. The molecule has 3 N–H and O–H groups in total. The van der Waals surface area contributed by atoms with Crippen LogP contribution >= 0.6 is 0 Å². The molecule has 0 radical (unpaired) electrons. The predicted octanol–water partition coefficient (Wildman–Crippen LogP) is 1.42. The summed E-state index contributed by atoms with van der Waals surface area (Å²) in [5, 5.41) is 17.8. The Morgan fingerprint density at radius 3 is 2.68 bits per heavy atom. The van der Waals surface area contributed by atoms with Crippen LogP contribution in [0.3, 0.4) is 0 Å². The lowest BCUT2D eigenvalue weighted by Gasteiger charge is -2.40. The highest BCUT2D eigenvalue weighted by Gasteiger charge is 2.48. The average Bonchev–Trinajstić information content (AvgIpc) is 3.07. The van der Waals surface area contributed by atoms with Gasteiger partial charge in [-0.15, -0.1) is 0 Å². The lowest BCUT2D eigenvalue weighted by molar-refractivity contribution is -0.130. The molecule has 1 aromatic heterocycles. The van der Waals surface area contributed by atoms with Crippen molar-refractivity contribution in [1.29, 1.82) is 0 Å². The zero-order chi connectivity index (χ0) is 20.9. The van der Waals surface area contributed by atoms with E-state index in [1.165, 1.54) is 0 Å². The zero-order valence-electron chi connectivity index (χ0n) is 16.9. The zero-order valence-corrected chi connectivity index (χ0v) is 16.9. The van der Waals surface area contributed by atoms with Gasteiger partial charge in [-0.25, -0.2) is 4.79 Å². The van der Waals surface area contributed by atoms with E-state index in [2.05, 4.69) is 9.97 Å². The van der Waals surface area contributed by atoms with Crippen molar-refractivity contribution in [3.05, 3.63) is 27.4 Å². The first-order valence-corrected chi connectivity index (χ1v) is 9.90. The van der Waals surface area contributed by atoms with Crippen LogP contribution in [0.1, 0.15) is 56.0 Å². The fraction of sp³-hybridized carbons (Fsp3) is 0.700. The largest absolute Gasteiger partial charge is 0.483 e. The van der Waals surface area contributed by atoms with Crippen LogP contribution in [0.4, 0.5) is 0 Å². The summed E-state index contributed by atoms with van der Waals surface area (Å²) in [6.07, 6.45) is 4.78. The van der Waals surface area contributed by atoms with Gasteiger partial charge in [0, 0.05) is 36.8 Å². The minimum Gasteiger partial charge on any atom is -0.483 e. The first kappa shape index (κ1) is 22.1. The maximum atomic E-state index is 12.7. The lowest BCUT2D eigenvalue weighted by atomic mass is 9.69. The SMILES string of the molecule is CC[C@]1(O)CCC[C@H]2CN(C(=O)CCc3c(C)nc(=O)[nH]c3C)C[C@H]21.O=CO. The second kappa shape index (κ2) is 9.32. The molecule has 2 heterocycles. The molecule has 3 atom stereocenters. The van der Waals surface area contributed by atoms with Crippen LogP contribution in [-0.4, -0.2) is 56.2 Å². The molecule has 1 aromatic rings. The van der Waals surface area contributed by atoms with E-state index in [-0.39, 0.29) is 24.0 Å². The van der Waals surface area contributed by atoms with E-state index >= 15 is 0 Å². The van der Waals surface area contributed by atoms with Gasteiger partial charge in [-0.1, -0.05) is 13.3 Å². The number of carboxylic acid groups (broad SMARTS) is 1. The highest BCUT2D eigenvalue weighted by molar-refractivity contribution is 5.77. The van der Waals surface area contributed by atoms with Crippen molar-refractivity contribution in [1.82, 2.24) is 14.9 Å². The summed E-state index contributed by atoms with van der Waals surface area (Å²) < 4.78 is 0. The Labute approximate surface area is 165 Å². The molecule has 2 aliphatic rings. The number of carbonyl (C=O) groups is 2. The summed E-state index contributed by atoms with van der Waals surface area (Å²) in [5.74, 6) is 0.784. The standard InChI is InChI=1S/C19H29N3O3.CH2O2/c1-4-19(25)9-5-6-14-10-22(11-16(14)19)17(23)8-7-15-12(2)20-18(24)21-13(15)3;2-1-3/h14,16,25H,4-11H2,1-3H3,(H,20,21,24);1H,(H,2,3)/t14-,16+,19-;/m0./s1. The van der Waals surface area contributed by atoms with E-state index < -0.39 is 5.60 Å². The van der Waals surface area contributed by atoms with E-state index in [4.69, 9.17) is 9.90 Å². The normalized spacial score (nSPS) is 26.2. The number of hydrogen-bond acceptors (Lipinski definition) is 5. The highest BCUT2D eigenvalue weighted by Crippen LogP contribution is 2.44. The molecule has 2 fully saturated rings. The molecule has 8 nitrogen and oxygen atoms in total. The molecule has 1 saturated carbocycles. The van der Waals surface area contributed by atoms with E-state index in [0.717, 1.165) is 43.5 Å². The Morgan fingerprint density at radius 1 is 1.39 bits per heavy atom. The van der Waals surface area contributed by atoms with Gasteiger partial charge < -0.3 is 20.1 Å². The molecule has 0 aromatic carbocycles. The van der Waals surface area contributed by atoms with Gasteiger partial charge in [-0.2, -0.15) is 4.98 Å². The van der Waals surface area contributed by atoms with E-state index in [1.807, 2.05) is 25.7 Å². The number of amides is 1. The van der Waals surface area contributed by atoms with Crippen molar-refractivity contribution in [3.8, 4) is 0 Å². The Bertz CT molecular complexity index is 736. The van der Waals surface area contributed by atoms with Crippen molar-refractivity contribution in [2.24, 2.45) is 11.8 Å². The number of aliphatic hydroxyl groups is 1. The van der Waals surface area contributed by atoms with Crippen molar-refractivity contribution < 1.29 is 19.8 Å². The van der Waals surface area contributed by atoms with Gasteiger partial charge in [0.1, 0.15) is 0 Å². The highest BCUT2D eigenvalue weighted by atomic mass is 16.3. The number of nitrogens with one attached hydrogen (secondary N) is 1. The number of rotatable bonds is 4. The van der Waals surface area contributed by atoms with Gasteiger partial charge in [0.05, 0.1) is 5.60 Å². The van der Waals surface area contributed by atoms with E-state index in [1.54, 1.807) is 0 Å². The lowest BCUT2D eigenvalue weighted by Crippen LogP contribution is -2.44. The molecule has 156 valence electrons. The second-order valence-electron chi connectivity index (χ2n) is 7.85. The summed E-state index contributed by atoms with van der Waals surface area (Å²) in [5.41, 5.74) is 1.50. The van der Waals surface area contributed by atoms with Crippen molar-refractivity contribution in [2.75, 3.05) is 13.1 Å². The quantitative estimate of drug-likeness (QED) is 0.665. The van der Waals surface area contributed by atoms with Crippen LogP contribution in [0, 0.1) is 25.7 Å². The first-order valence-electron chi connectivity index (χ1n) is 9.90. The number of H-pyrrole nitrogens is 1. The van der Waals surface area contributed by atoms with Crippen LogP contribution in [0.25, 0.3) is 0 Å². The average molecular weight is 393 g/mol. The molecule has 0 unspecified atom stereocenters. The third-order valence-electron chi connectivity index (χ3n) is 6.32. The summed E-state index contributed by atoms with van der Waals surface area (Å²) in [7, 11) is 0. The predicted molar refractivity (Wildman–Crippen MR) is 104 cm³/mol. The van der Waals surface area contributed by atoms with Crippen LogP contribution in [-0.2, 0) is 16.0 Å². The Hall–Kier alpha value is -2.22. The number of aromatic amines is 1. The van der Waals surface area contributed by atoms with Crippen molar-refractivity contribution >= 4 is 12.4 Å². The maximum absolute atomic E-state index is 12.7. The number of aryl methyl sites for hydroxylation is 2.